The molecule has 3 N–H and O–H groups in total. The molecule has 0 radical (unpaired) electrons. The van der Waals surface area contributed by atoms with Crippen LogP contribution < -0.4 is 11.3 Å². The monoisotopic (exact) mass is 308 g/mol. The SMILES string of the molecule is CN(Cc1cccc(F)c1)C(=O)c1nc(NN)ccc1Cl. The molecule has 1 heterocycles. The van der Waals surface area contributed by atoms with E-state index in [-0.39, 0.29) is 29.0 Å². The Balaban J connectivity index is 2.19. The van der Waals surface area contributed by atoms with Gasteiger partial charge in [0.05, 0.1) is 5.02 Å². The summed E-state index contributed by atoms with van der Waals surface area (Å²) in [5, 5.41) is 0.227. The number of nitrogens with zero attached hydrogens (tertiary/aromatic N) is 2. The Labute approximate surface area is 126 Å². The minimum absolute atomic E-state index is 0.0889. The maximum absolute atomic E-state index is 13.1. The van der Waals surface area contributed by atoms with Crippen molar-refractivity contribution >= 4 is 23.3 Å². The van der Waals surface area contributed by atoms with Gasteiger partial charge < -0.3 is 10.3 Å². The van der Waals surface area contributed by atoms with Gasteiger partial charge in [0.15, 0.2) is 0 Å². The van der Waals surface area contributed by atoms with Crippen LogP contribution in [0.15, 0.2) is 36.4 Å². The number of benzene rings is 1. The number of carbonyl (C=O) groups excluding carboxylic acids is 1. The van der Waals surface area contributed by atoms with Crippen LogP contribution in [-0.2, 0) is 6.54 Å². The van der Waals surface area contributed by atoms with Gasteiger partial charge in [-0.2, -0.15) is 0 Å². The standard InChI is InChI=1S/C14H14ClFN4O/c1-20(8-9-3-2-4-10(16)7-9)14(21)13-11(15)5-6-12(18-13)19-17/h2-7H,8,17H2,1H3,(H,18,19). The molecule has 5 nitrogen and oxygen atoms in total. The van der Waals surface area contributed by atoms with Gasteiger partial charge in [-0.15, -0.1) is 0 Å². The molecule has 0 saturated heterocycles. The lowest BCUT2D eigenvalue weighted by Gasteiger charge is -2.18. The third kappa shape index (κ3) is 3.68. The van der Waals surface area contributed by atoms with Crippen molar-refractivity contribution in [3.8, 4) is 0 Å². The topological polar surface area (TPSA) is 71.2 Å². The maximum Gasteiger partial charge on any atom is 0.274 e. The van der Waals surface area contributed by atoms with Gasteiger partial charge in [-0.3, -0.25) is 4.79 Å². The van der Waals surface area contributed by atoms with Crippen LogP contribution in [0.2, 0.25) is 5.02 Å². The third-order valence-electron chi connectivity index (χ3n) is 2.85. The van der Waals surface area contributed by atoms with Crippen LogP contribution in [-0.4, -0.2) is 22.8 Å². The summed E-state index contributed by atoms with van der Waals surface area (Å²) in [4.78, 5) is 17.8. The quantitative estimate of drug-likeness (QED) is 0.672. The number of amides is 1. The number of nitrogens with one attached hydrogen (secondary N) is 1. The van der Waals surface area contributed by atoms with Crippen LogP contribution in [0.1, 0.15) is 16.1 Å². The maximum atomic E-state index is 13.1. The largest absolute Gasteiger partial charge is 0.336 e. The van der Waals surface area contributed by atoms with E-state index in [0.29, 0.717) is 11.4 Å². The summed E-state index contributed by atoms with van der Waals surface area (Å²) in [5.74, 6) is 4.88. The molecule has 0 aliphatic carbocycles. The Morgan fingerprint density at radius 2 is 2.19 bits per heavy atom. The molecular weight excluding hydrogens is 295 g/mol. The lowest BCUT2D eigenvalue weighted by molar-refractivity contribution is 0.0779. The molecule has 0 spiro atoms. The fourth-order valence-corrected chi connectivity index (χ4v) is 2.02. The summed E-state index contributed by atoms with van der Waals surface area (Å²) in [5.41, 5.74) is 3.12. The fraction of sp³-hybridized carbons (Fsp3) is 0.143. The van der Waals surface area contributed by atoms with Crippen molar-refractivity contribution in [3.05, 3.63) is 58.5 Å². The van der Waals surface area contributed by atoms with Crippen LogP contribution in [0.5, 0.6) is 0 Å². The van der Waals surface area contributed by atoms with Gasteiger partial charge in [0.1, 0.15) is 17.3 Å². The second-order valence-corrected chi connectivity index (χ2v) is 4.87. The van der Waals surface area contributed by atoms with Gasteiger partial charge in [0, 0.05) is 13.6 Å². The molecule has 0 aliphatic rings. The van der Waals surface area contributed by atoms with Crippen molar-refractivity contribution in [1.29, 1.82) is 0 Å². The molecule has 7 heteroatoms. The summed E-state index contributed by atoms with van der Waals surface area (Å²) in [6.45, 7) is 0.245. The predicted molar refractivity (Wildman–Crippen MR) is 79.3 cm³/mol. The zero-order valence-corrected chi connectivity index (χ0v) is 12.1. The lowest BCUT2D eigenvalue weighted by Crippen LogP contribution is -2.27. The molecule has 0 unspecified atom stereocenters. The Hall–Kier alpha value is -2.18. The van der Waals surface area contributed by atoms with Crippen molar-refractivity contribution in [2.75, 3.05) is 12.5 Å². The molecule has 1 aromatic carbocycles. The van der Waals surface area contributed by atoms with E-state index in [9.17, 15) is 9.18 Å². The Morgan fingerprint density at radius 3 is 2.86 bits per heavy atom. The summed E-state index contributed by atoms with van der Waals surface area (Å²) in [7, 11) is 1.59. The number of pyridine rings is 1. The third-order valence-corrected chi connectivity index (χ3v) is 3.16. The zero-order chi connectivity index (χ0) is 15.4. The number of anilines is 1. The van der Waals surface area contributed by atoms with E-state index in [4.69, 9.17) is 17.4 Å². The van der Waals surface area contributed by atoms with Gasteiger partial charge in [-0.1, -0.05) is 23.7 Å². The van der Waals surface area contributed by atoms with E-state index in [0.717, 1.165) is 0 Å². The number of carbonyl (C=O) groups is 1. The number of hydrazine groups is 1. The van der Waals surface area contributed by atoms with Gasteiger partial charge >= 0.3 is 0 Å². The summed E-state index contributed by atoms with van der Waals surface area (Å²) < 4.78 is 13.1. The molecule has 0 fully saturated rings. The first-order valence-corrected chi connectivity index (χ1v) is 6.52. The minimum Gasteiger partial charge on any atom is -0.336 e. The van der Waals surface area contributed by atoms with E-state index in [1.807, 2.05) is 0 Å². The van der Waals surface area contributed by atoms with E-state index in [1.54, 1.807) is 25.2 Å². The number of hydrogen-bond donors (Lipinski definition) is 2. The van der Waals surface area contributed by atoms with Gasteiger partial charge in [-0.05, 0) is 29.8 Å². The minimum atomic E-state index is -0.374. The number of nitrogen functional groups attached to an aromatic ring is 1. The van der Waals surface area contributed by atoms with E-state index < -0.39 is 0 Å². The molecular formula is C14H14ClFN4O. The molecule has 0 atom stereocenters. The molecule has 2 rings (SSSR count). The smallest absolute Gasteiger partial charge is 0.274 e. The predicted octanol–water partition coefficient (Wildman–Crippen LogP) is 2.43. The van der Waals surface area contributed by atoms with Crippen LogP contribution in [0.25, 0.3) is 0 Å². The average molecular weight is 309 g/mol. The van der Waals surface area contributed by atoms with Gasteiger partial charge in [-0.25, -0.2) is 15.2 Å². The highest BCUT2D eigenvalue weighted by atomic mass is 35.5. The Morgan fingerprint density at radius 1 is 1.43 bits per heavy atom. The summed E-state index contributed by atoms with van der Waals surface area (Å²) >= 11 is 5.98. The number of halogens is 2. The van der Waals surface area contributed by atoms with Crippen LogP contribution in [0.3, 0.4) is 0 Å². The normalized spacial score (nSPS) is 10.3. The number of rotatable bonds is 4. The second kappa shape index (κ2) is 6.51. The fourth-order valence-electron chi connectivity index (χ4n) is 1.83. The van der Waals surface area contributed by atoms with Crippen LogP contribution in [0.4, 0.5) is 10.2 Å². The van der Waals surface area contributed by atoms with Gasteiger partial charge in [0.2, 0.25) is 0 Å². The highest BCUT2D eigenvalue weighted by Crippen LogP contribution is 2.18. The van der Waals surface area contributed by atoms with Crippen molar-refractivity contribution < 1.29 is 9.18 Å². The van der Waals surface area contributed by atoms with Crippen molar-refractivity contribution in [3.63, 3.8) is 0 Å². The van der Waals surface area contributed by atoms with Crippen LogP contribution in [0, 0.1) is 5.82 Å². The molecule has 110 valence electrons. The molecule has 21 heavy (non-hydrogen) atoms. The van der Waals surface area contributed by atoms with Crippen molar-refractivity contribution in [2.45, 2.75) is 6.54 Å². The summed E-state index contributed by atoms with van der Waals surface area (Å²) in [6.07, 6.45) is 0. The number of aromatic nitrogens is 1. The number of hydrogen-bond acceptors (Lipinski definition) is 4. The lowest BCUT2D eigenvalue weighted by atomic mass is 10.2. The highest BCUT2D eigenvalue weighted by molar-refractivity contribution is 6.33. The molecule has 0 saturated carbocycles. The van der Waals surface area contributed by atoms with Crippen molar-refractivity contribution in [1.82, 2.24) is 9.88 Å². The molecule has 2 aromatic rings. The molecule has 0 bridgehead atoms. The van der Waals surface area contributed by atoms with E-state index >= 15 is 0 Å². The molecule has 0 aliphatic heterocycles. The summed E-state index contributed by atoms with van der Waals surface area (Å²) in [6, 6.07) is 9.14. The number of nitrogens with two attached hydrogens (primary N) is 1. The van der Waals surface area contributed by atoms with Crippen LogP contribution >= 0.6 is 11.6 Å². The van der Waals surface area contributed by atoms with E-state index in [2.05, 4.69) is 10.4 Å². The van der Waals surface area contributed by atoms with E-state index in [1.165, 1.54) is 23.1 Å². The Bertz CT molecular complexity index is 665. The highest BCUT2D eigenvalue weighted by Gasteiger charge is 2.18. The first kappa shape index (κ1) is 15.2. The van der Waals surface area contributed by atoms with Crippen molar-refractivity contribution in [2.24, 2.45) is 5.84 Å². The second-order valence-electron chi connectivity index (χ2n) is 4.46. The van der Waals surface area contributed by atoms with Gasteiger partial charge in [0.25, 0.3) is 5.91 Å². The first-order chi connectivity index (χ1) is 10.0. The average Bonchev–Trinajstić information content (AvgIpc) is 2.47. The first-order valence-electron chi connectivity index (χ1n) is 6.14. The Kier molecular flexibility index (Phi) is 4.72. The molecule has 1 aromatic heterocycles. The zero-order valence-electron chi connectivity index (χ0n) is 11.3. The molecule has 1 amide bonds.